The molecule has 26 heavy (non-hydrogen) atoms. The Kier molecular flexibility index (Phi) is 5.06. The lowest BCUT2D eigenvalue weighted by Gasteiger charge is -2.27. The van der Waals surface area contributed by atoms with E-state index in [2.05, 4.69) is 0 Å². The Labute approximate surface area is 153 Å². The Balaban J connectivity index is 2.62. The van der Waals surface area contributed by atoms with E-state index in [-0.39, 0.29) is 22.3 Å². The number of alkyl halides is 3. The third-order valence-corrected chi connectivity index (χ3v) is 4.18. The van der Waals surface area contributed by atoms with Crippen molar-refractivity contribution in [3.8, 4) is 11.5 Å². The number of nitrogens with two attached hydrogens (primary N) is 1. The van der Waals surface area contributed by atoms with Gasteiger partial charge in [0.1, 0.15) is 17.1 Å². The maximum absolute atomic E-state index is 13.4. The minimum Gasteiger partial charge on any atom is -0.456 e. The average Bonchev–Trinajstić information content (AvgIpc) is 2.46. The summed E-state index contributed by atoms with van der Waals surface area (Å²) in [6, 6.07) is 9.35. The molecule has 2 rings (SSSR count). The summed E-state index contributed by atoms with van der Waals surface area (Å²) >= 11 is 0. The van der Waals surface area contributed by atoms with E-state index in [0.29, 0.717) is 5.75 Å². The molecule has 0 bridgehead atoms. The van der Waals surface area contributed by atoms with Gasteiger partial charge in [0.2, 0.25) is 0 Å². The van der Waals surface area contributed by atoms with Gasteiger partial charge in [0.15, 0.2) is 0 Å². The highest BCUT2D eigenvalue weighted by molar-refractivity contribution is 5.52. The third kappa shape index (κ3) is 4.51. The second-order valence-electron chi connectivity index (χ2n) is 8.57. The van der Waals surface area contributed by atoms with E-state index in [0.717, 1.165) is 17.2 Å². The minimum absolute atomic E-state index is 0.0455. The predicted molar refractivity (Wildman–Crippen MR) is 99.8 cm³/mol. The van der Waals surface area contributed by atoms with Crippen LogP contribution in [-0.4, -0.2) is 0 Å². The van der Waals surface area contributed by atoms with Crippen molar-refractivity contribution in [3.05, 3.63) is 53.1 Å². The maximum Gasteiger partial charge on any atom is 0.420 e. The fourth-order valence-corrected chi connectivity index (χ4v) is 2.67. The number of halogens is 3. The largest absolute Gasteiger partial charge is 0.456 e. The zero-order valence-corrected chi connectivity index (χ0v) is 16.1. The van der Waals surface area contributed by atoms with Crippen LogP contribution in [0.15, 0.2) is 36.4 Å². The molecule has 0 unspecified atom stereocenters. The number of anilines is 1. The van der Waals surface area contributed by atoms with Crippen LogP contribution in [0.3, 0.4) is 0 Å². The van der Waals surface area contributed by atoms with Crippen LogP contribution in [0.25, 0.3) is 0 Å². The van der Waals surface area contributed by atoms with Crippen molar-refractivity contribution in [3.63, 3.8) is 0 Å². The summed E-state index contributed by atoms with van der Waals surface area (Å²) in [6.07, 6.45) is -4.55. The molecule has 0 aromatic heterocycles. The summed E-state index contributed by atoms with van der Waals surface area (Å²) < 4.78 is 46.0. The zero-order valence-electron chi connectivity index (χ0n) is 16.1. The molecule has 0 aliphatic heterocycles. The smallest absolute Gasteiger partial charge is 0.420 e. The molecule has 0 saturated carbocycles. The monoisotopic (exact) mass is 365 g/mol. The third-order valence-electron chi connectivity index (χ3n) is 4.18. The van der Waals surface area contributed by atoms with Crippen LogP contribution < -0.4 is 10.5 Å². The number of benzene rings is 2. The van der Waals surface area contributed by atoms with E-state index < -0.39 is 11.7 Å². The van der Waals surface area contributed by atoms with Crippen LogP contribution in [0.2, 0.25) is 0 Å². The summed E-state index contributed by atoms with van der Waals surface area (Å²) in [7, 11) is 0. The fourth-order valence-electron chi connectivity index (χ4n) is 2.67. The molecule has 0 spiro atoms. The molecule has 5 heteroatoms. The molecular formula is C21H26F3NO. The van der Waals surface area contributed by atoms with E-state index >= 15 is 0 Å². The molecule has 142 valence electrons. The number of nitrogen functional groups attached to an aromatic ring is 1. The highest BCUT2D eigenvalue weighted by Gasteiger charge is 2.35. The Morgan fingerprint density at radius 2 is 1.35 bits per heavy atom. The van der Waals surface area contributed by atoms with Crippen molar-refractivity contribution in [1.29, 1.82) is 0 Å². The summed E-state index contributed by atoms with van der Waals surface area (Å²) in [5.41, 5.74) is 6.11. The van der Waals surface area contributed by atoms with E-state index in [1.165, 1.54) is 12.1 Å². The number of ether oxygens (including phenoxy) is 1. The van der Waals surface area contributed by atoms with Gasteiger partial charge in [-0.2, -0.15) is 13.2 Å². The predicted octanol–water partition coefficient (Wildman–Crippen LogP) is 6.67. The van der Waals surface area contributed by atoms with Gasteiger partial charge >= 0.3 is 6.18 Å². The van der Waals surface area contributed by atoms with Crippen LogP contribution >= 0.6 is 0 Å². The molecule has 0 fully saturated rings. The van der Waals surface area contributed by atoms with E-state index in [1.807, 2.05) is 59.7 Å². The van der Waals surface area contributed by atoms with Crippen LogP contribution in [0, 0.1) is 0 Å². The van der Waals surface area contributed by atoms with Crippen molar-refractivity contribution in [2.24, 2.45) is 0 Å². The second kappa shape index (κ2) is 6.53. The second-order valence-corrected chi connectivity index (χ2v) is 8.57. The van der Waals surface area contributed by atoms with Gasteiger partial charge in [-0.3, -0.25) is 0 Å². The molecule has 0 radical (unpaired) electrons. The Hall–Kier alpha value is -2.17. The van der Waals surface area contributed by atoms with Gasteiger partial charge in [-0.25, -0.2) is 0 Å². The minimum atomic E-state index is -4.55. The maximum atomic E-state index is 13.4. The van der Waals surface area contributed by atoms with Gasteiger partial charge < -0.3 is 10.5 Å². The van der Waals surface area contributed by atoms with Crippen LogP contribution in [-0.2, 0) is 17.0 Å². The standard InChI is InChI=1S/C21H26F3NO/c1-19(2,3)13-7-9-15(20(4,5)6)18(11-13)26-17-10-8-14(25)12-16(17)21(22,23)24/h7-12H,25H2,1-6H3. The van der Waals surface area contributed by atoms with Crippen LogP contribution in [0.4, 0.5) is 18.9 Å². The van der Waals surface area contributed by atoms with Crippen molar-refractivity contribution < 1.29 is 17.9 Å². The molecule has 0 aliphatic carbocycles. The van der Waals surface area contributed by atoms with E-state index in [9.17, 15) is 13.2 Å². The van der Waals surface area contributed by atoms with Crippen molar-refractivity contribution in [2.75, 3.05) is 5.73 Å². The molecular weight excluding hydrogens is 339 g/mol. The number of hydrogen-bond donors (Lipinski definition) is 1. The van der Waals surface area contributed by atoms with E-state index in [4.69, 9.17) is 10.5 Å². The number of rotatable bonds is 2. The Bertz CT molecular complexity index is 796. The lowest BCUT2D eigenvalue weighted by atomic mass is 9.81. The zero-order chi connectivity index (χ0) is 19.9. The first kappa shape index (κ1) is 20.1. The summed E-state index contributed by atoms with van der Waals surface area (Å²) in [5.74, 6) is 0.184. The Morgan fingerprint density at radius 1 is 0.731 bits per heavy atom. The van der Waals surface area contributed by atoms with Crippen molar-refractivity contribution in [2.45, 2.75) is 58.5 Å². The molecule has 0 amide bonds. The summed E-state index contributed by atoms with van der Waals surface area (Å²) in [6.45, 7) is 12.1. The molecule has 0 heterocycles. The van der Waals surface area contributed by atoms with Gasteiger partial charge in [-0.15, -0.1) is 0 Å². The van der Waals surface area contributed by atoms with Crippen LogP contribution in [0.1, 0.15) is 58.2 Å². The normalized spacial score (nSPS) is 13.0. The average molecular weight is 365 g/mol. The first-order chi connectivity index (χ1) is 11.7. The molecule has 2 aromatic carbocycles. The SMILES string of the molecule is CC(C)(C)c1ccc(C(C)(C)C)c(Oc2ccc(N)cc2C(F)(F)F)c1. The molecule has 2 aromatic rings. The molecule has 0 aliphatic rings. The van der Waals surface area contributed by atoms with E-state index in [1.54, 1.807) is 0 Å². The lowest BCUT2D eigenvalue weighted by molar-refractivity contribution is -0.138. The van der Waals surface area contributed by atoms with Gasteiger partial charge in [0.25, 0.3) is 0 Å². The first-order valence-corrected chi connectivity index (χ1v) is 8.49. The van der Waals surface area contributed by atoms with Gasteiger partial charge in [-0.05, 0) is 40.7 Å². The van der Waals surface area contributed by atoms with Gasteiger partial charge in [0.05, 0.1) is 0 Å². The van der Waals surface area contributed by atoms with Crippen molar-refractivity contribution in [1.82, 2.24) is 0 Å². The highest BCUT2D eigenvalue weighted by Crippen LogP contribution is 2.42. The molecule has 0 atom stereocenters. The van der Waals surface area contributed by atoms with Gasteiger partial charge in [0, 0.05) is 11.3 Å². The highest BCUT2D eigenvalue weighted by atomic mass is 19.4. The fraction of sp³-hybridized carbons (Fsp3) is 0.429. The van der Waals surface area contributed by atoms with Crippen molar-refractivity contribution >= 4 is 5.69 Å². The van der Waals surface area contributed by atoms with Crippen LogP contribution in [0.5, 0.6) is 11.5 Å². The molecule has 2 N–H and O–H groups in total. The summed E-state index contributed by atoms with van der Waals surface area (Å²) in [5, 5.41) is 0. The number of hydrogen-bond acceptors (Lipinski definition) is 2. The topological polar surface area (TPSA) is 35.2 Å². The molecule has 2 nitrogen and oxygen atoms in total. The van der Waals surface area contributed by atoms with Gasteiger partial charge in [-0.1, -0.05) is 53.7 Å². The summed E-state index contributed by atoms with van der Waals surface area (Å²) in [4.78, 5) is 0. The molecule has 0 saturated heterocycles. The Morgan fingerprint density at radius 3 is 1.85 bits per heavy atom. The quantitative estimate of drug-likeness (QED) is 0.603. The lowest BCUT2D eigenvalue weighted by Crippen LogP contribution is -2.16. The first-order valence-electron chi connectivity index (χ1n) is 8.49.